The summed E-state index contributed by atoms with van der Waals surface area (Å²) in [6.45, 7) is 2.35. The molecule has 2 rings (SSSR count). The van der Waals surface area contributed by atoms with Crippen molar-refractivity contribution in [2.75, 3.05) is 0 Å². The van der Waals surface area contributed by atoms with Crippen LogP contribution >= 0.6 is 0 Å². The second kappa shape index (κ2) is 2.00. The first-order chi connectivity index (χ1) is 4.42. The largest absolute Gasteiger partial charge is 0.0651 e. The van der Waals surface area contributed by atoms with Crippen molar-refractivity contribution in [3.63, 3.8) is 0 Å². The second-order valence-electron chi connectivity index (χ2n) is 3.75. The molecular weight excluding hydrogens is 108 g/mol. The number of hydrogen-bond donors (Lipinski definition) is 0. The van der Waals surface area contributed by atoms with Crippen molar-refractivity contribution >= 4 is 0 Å². The maximum Gasteiger partial charge on any atom is -0.0357 e. The molecular formula is C9H16. The van der Waals surface area contributed by atoms with Gasteiger partial charge in [-0.05, 0) is 43.4 Å². The van der Waals surface area contributed by atoms with E-state index >= 15 is 0 Å². The van der Waals surface area contributed by atoms with Crippen molar-refractivity contribution in [2.45, 2.75) is 39.0 Å². The van der Waals surface area contributed by atoms with E-state index in [1.807, 2.05) is 0 Å². The van der Waals surface area contributed by atoms with Crippen molar-refractivity contribution in [1.82, 2.24) is 0 Å². The van der Waals surface area contributed by atoms with Crippen molar-refractivity contribution in [3.05, 3.63) is 0 Å². The predicted octanol–water partition coefficient (Wildman–Crippen LogP) is 2.83. The van der Waals surface area contributed by atoms with E-state index in [1.54, 1.807) is 25.7 Å². The maximum absolute atomic E-state index is 2.35. The van der Waals surface area contributed by atoms with Gasteiger partial charge >= 0.3 is 0 Å². The van der Waals surface area contributed by atoms with E-state index in [2.05, 4.69) is 6.92 Å². The Morgan fingerprint density at radius 3 is 2.22 bits per heavy atom. The molecule has 0 heterocycles. The Bertz CT molecular complexity index is 105. The topological polar surface area (TPSA) is 0 Å². The zero-order chi connectivity index (χ0) is 6.27. The molecule has 0 spiro atoms. The summed E-state index contributed by atoms with van der Waals surface area (Å²) in [4.78, 5) is 0. The van der Waals surface area contributed by atoms with Crippen LogP contribution in [0.5, 0.6) is 0 Å². The van der Waals surface area contributed by atoms with Gasteiger partial charge in [0.15, 0.2) is 0 Å². The summed E-state index contributed by atoms with van der Waals surface area (Å²) in [5.74, 6) is 3.48. The number of rotatable bonds is 1. The smallest absolute Gasteiger partial charge is 0.0357 e. The Labute approximate surface area is 57.6 Å². The maximum atomic E-state index is 2.35. The van der Waals surface area contributed by atoms with Gasteiger partial charge in [0, 0.05) is 0 Å². The van der Waals surface area contributed by atoms with E-state index in [1.165, 1.54) is 18.3 Å². The van der Waals surface area contributed by atoms with E-state index in [0.29, 0.717) is 0 Å². The van der Waals surface area contributed by atoms with Crippen LogP contribution in [0.4, 0.5) is 0 Å². The Hall–Kier alpha value is 0. The molecule has 0 bridgehead atoms. The first-order valence-electron chi connectivity index (χ1n) is 4.42. The molecule has 0 saturated heterocycles. The molecule has 2 saturated carbocycles. The van der Waals surface area contributed by atoms with Crippen molar-refractivity contribution in [2.24, 2.45) is 17.8 Å². The molecule has 0 aromatic carbocycles. The van der Waals surface area contributed by atoms with Crippen molar-refractivity contribution in [3.8, 4) is 0 Å². The fourth-order valence-electron chi connectivity index (χ4n) is 2.72. The highest BCUT2D eigenvalue weighted by Crippen LogP contribution is 2.51. The first-order valence-corrected chi connectivity index (χ1v) is 4.42. The zero-order valence-electron chi connectivity index (χ0n) is 6.27. The van der Waals surface area contributed by atoms with Crippen LogP contribution in [0, 0.1) is 17.8 Å². The molecule has 0 unspecified atom stereocenters. The van der Waals surface area contributed by atoms with E-state index in [9.17, 15) is 0 Å². The fourth-order valence-corrected chi connectivity index (χ4v) is 2.72. The average Bonchev–Trinajstić information content (AvgIpc) is 2.07. The molecule has 0 N–H and O–H groups in total. The van der Waals surface area contributed by atoms with Crippen LogP contribution in [0.25, 0.3) is 0 Å². The van der Waals surface area contributed by atoms with E-state index < -0.39 is 0 Å². The SMILES string of the molecule is CC[C@@H]1CC[C@@H]2CC[C@@H]21. The molecule has 3 atom stereocenters. The summed E-state index contributed by atoms with van der Waals surface area (Å²) in [6, 6.07) is 0. The standard InChI is InChI=1S/C9H16/c1-2-7-3-4-8-5-6-9(7)8/h7-9H,2-6H2,1H3/t7-,8-,9-/m1/s1. The Balaban J connectivity index is 1.97. The highest BCUT2D eigenvalue weighted by molar-refractivity contribution is 4.91. The quantitative estimate of drug-likeness (QED) is 0.504. The molecule has 9 heavy (non-hydrogen) atoms. The minimum absolute atomic E-state index is 1.13. The molecule has 2 fully saturated rings. The van der Waals surface area contributed by atoms with Crippen LogP contribution in [-0.2, 0) is 0 Å². The fraction of sp³-hybridized carbons (Fsp3) is 1.00. The van der Waals surface area contributed by atoms with Gasteiger partial charge in [0.2, 0.25) is 0 Å². The van der Waals surface area contributed by atoms with Crippen LogP contribution in [0.3, 0.4) is 0 Å². The highest BCUT2D eigenvalue weighted by atomic mass is 14.5. The molecule has 2 aliphatic rings. The van der Waals surface area contributed by atoms with Gasteiger partial charge in [-0.2, -0.15) is 0 Å². The van der Waals surface area contributed by atoms with Gasteiger partial charge < -0.3 is 0 Å². The summed E-state index contributed by atoms with van der Waals surface area (Å²) in [7, 11) is 0. The van der Waals surface area contributed by atoms with E-state index in [4.69, 9.17) is 0 Å². The third-order valence-corrected chi connectivity index (χ3v) is 3.51. The average molecular weight is 124 g/mol. The third kappa shape index (κ3) is 0.720. The molecule has 0 radical (unpaired) electrons. The number of fused-ring (bicyclic) bond motifs is 1. The summed E-state index contributed by atoms with van der Waals surface area (Å²) in [5.41, 5.74) is 0. The van der Waals surface area contributed by atoms with Crippen molar-refractivity contribution in [1.29, 1.82) is 0 Å². The van der Waals surface area contributed by atoms with E-state index in [0.717, 1.165) is 5.92 Å². The molecule has 0 heteroatoms. The minimum Gasteiger partial charge on any atom is -0.0651 e. The van der Waals surface area contributed by atoms with Gasteiger partial charge in [-0.1, -0.05) is 13.3 Å². The molecule has 2 aliphatic carbocycles. The lowest BCUT2D eigenvalue weighted by atomic mass is 9.72. The van der Waals surface area contributed by atoms with Gasteiger partial charge in [-0.3, -0.25) is 0 Å². The Morgan fingerprint density at radius 1 is 1.11 bits per heavy atom. The lowest BCUT2D eigenvalue weighted by Crippen LogP contribution is -2.24. The third-order valence-electron chi connectivity index (χ3n) is 3.51. The lowest BCUT2D eigenvalue weighted by Gasteiger charge is -2.33. The summed E-state index contributed by atoms with van der Waals surface area (Å²) < 4.78 is 0. The van der Waals surface area contributed by atoms with Gasteiger partial charge in [-0.25, -0.2) is 0 Å². The van der Waals surface area contributed by atoms with Crippen LogP contribution < -0.4 is 0 Å². The zero-order valence-corrected chi connectivity index (χ0v) is 6.27. The number of hydrogen-bond acceptors (Lipinski definition) is 0. The van der Waals surface area contributed by atoms with Crippen LogP contribution in [0.15, 0.2) is 0 Å². The minimum atomic E-state index is 1.13. The van der Waals surface area contributed by atoms with E-state index in [-0.39, 0.29) is 0 Å². The Kier molecular flexibility index (Phi) is 1.28. The first kappa shape index (κ1) is 5.76. The molecule has 52 valence electrons. The predicted molar refractivity (Wildman–Crippen MR) is 39.2 cm³/mol. The van der Waals surface area contributed by atoms with Crippen LogP contribution in [0.1, 0.15) is 39.0 Å². The normalized spacial score (nSPS) is 48.3. The molecule has 0 aromatic heterocycles. The monoisotopic (exact) mass is 124 g/mol. The molecule has 0 amide bonds. The molecule has 0 aliphatic heterocycles. The summed E-state index contributed by atoms with van der Waals surface area (Å²) in [5, 5.41) is 0. The van der Waals surface area contributed by atoms with Gasteiger partial charge in [0.1, 0.15) is 0 Å². The van der Waals surface area contributed by atoms with Gasteiger partial charge in [-0.15, -0.1) is 0 Å². The van der Waals surface area contributed by atoms with Gasteiger partial charge in [0.25, 0.3) is 0 Å². The van der Waals surface area contributed by atoms with Crippen molar-refractivity contribution < 1.29 is 0 Å². The van der Waals surface area contributed by atoms with Crippen LogP contribution in [-0.4, -0.2) is 0 Å². The Morgan fingerprint density at radius 2 is 1.89 bits per heavy atom. The lowest BCUT2D eigenvalue weighted by molar-refractivity contribution is 0.169. The van der Waals surface area contributed by atoms with Crippen LogP contribution in [0.2, 0.25) is 0 Å². The molecule has 0 nitrogen and oxygen atoms in total. The second-order valence-corrected chi connectivity index (χ2v) is 3.75. The summed E-state index contributed by atoms with van der Waals surface area (Å²) >= 11 is 0. The summed E-state index contributed by atoms with van der Waals surface area (Å²) in [6.07, 6.45) is 7.67. The molecule has 0 aromatic rings. The van der Waals surface area contributed by atoms with Gasteiger partial charge in [0.05, 0.1) is 0 Å². The highest BCUT2D eigenvalue weighted by Gasteiger charge is 2.40.